The molecule has 0 aliphatic rings. The van der Waals surface area contributed by atoms with Crippen LogP contribution in [-0.4, -0.2) is 138 Å². The molecule has 10 heteroatoms. The van der Waals surface area contributed by atoms with Gasteiger partial charge in [-0.3, -0.25) is 9.80 Å². The van der Waals surface area contributed by atoms with Crippen LogP contribution in [0.25, 0.3) is 0 Å². The van der Waals surface area contributed by atoms with Crippen molar-refractivity contribution in [3.8, 4) is 0 Å². The summed E-state index contributed by atoms with van der Waals surface area (Å²) in [5.41, 5.74) is 0. The highest BCUT2D eigenvalue weighted by molar-refractivity contribution is 4.64. The number of hydrogen-bond acceptors (Lipinski definition) is 10. The molecule has 0 saturated heterocycles. The Bertz CT molecular complexity index is 347. The maximum Gasteiger partial charge on any atom is 0.164 e. The van der Waals surface area contributed by atoms with Crippen LogP contribution in [0.3, 0.4) is 0 Å². The van der Waals surface area contributed by atoms with Crippen LogP contribution in [0.4, 0.5) is 0 Å². The van der Waals surface area contributed by atoms with E-state index in [1.54, 1.807) is 11.9 Å². The minimum atomic E-state index is -1.36. The van der Waals surface area contributed by atoms with E-state index in [2.05, 4.69) is 13.8 Å². The van der Waals surface area contributed by atoms with Crippen LogP contribution in [0.15, 0.2) is 0 Å². The maximum atomic E-state index is 9.64. The number of nitrogens with zero attached hydrogens (tertiary/aromatic N) is 2. The topological polar surface area (TPSA) is 146 Å². The smallest absolute Gasteiger partial charge is 0.164 e. The minimum Gasteiger partial charge on any atom is -0.395 e. The van der Waals surface area contributed by atoms with Crippen molar-refractivity contribution in [2.45, 2.75) is 58.0 Å². The van der Waals surface area contributed by atoms with Crippen molar-refractivity contribution in [3.63, 3.8) is 0 Å². The van der Waals surface area contributed by atoms with Gasteiger partial charge in [0, 0.05) is 45.9 Å². The van der Waals surface area contributed by atoms with E-state index in [1.165, 1.54) is 0 Å². The second kappa shape index (κ2) is 24.2. The normalized spacial score (nSPS) is 13.5. The third-order valence-corrected chi connectivity index (χ3v) is 4.20. The predicted molar refractivity (Wildman–Crippen MR) is 120 cm³/mol. The third kappa shape index (κ3) is 25.7. The summed E-state index contributed by atoms with van der Waals surface area (Å²) in [5.74, 6) is 0. The maximum absolute atomic E-state index is 9.64. The monoisotopic (exact) mass is 456 g/mol. The summed E-state index contributed by atoms with van der Waals surface area (Å²) in [6.07, 6.45) is 1.66. The molecule has 0 rings (SSSR count). The highest BCUT2D eigenvalue weighted by Gasteiger charge is 2.11. The van der Waals surface area contributed by atoms with Crippen LogP contribution in [-0.2, 0) is 9.47 Å². The van der Waals surface area contributed by atoms with Crippen LogP contribution in [0.1, 0.15) is 39.5 Å². The minimum absolute atomic E-state index is 0.0312. The number of aliphatic hydroxyl groups excluding tert-OH is 5. The SMILES string of the molecule is CCCCOCC(O)CN(C)CC(O)O.CCCCOCC(O)CN(CCO)CCO. The quantitative estimate of drug-likeness (QED) is 0.0981. The fourth-order valence-corrected chi connectivity index (χ4v) is 2.63. The average molecular weight is 457 g/mol. The lowest BCUT2D eigenvalue weighted by atomic mass is 10.3. The Labute approximate surface area is 188 Å². The summed E-state index contributed by atoms with van der Waals surface area (Å²) in [6.45, 7) is 8.04. The molecule has 190 valence electrons. The Morgan fingerprint density at radius 1 is 0.710 bits per heavy atom. The van der Waals surface area contributed by atoms with E-state index in [9.17, 15) is 10.2 Å². The predicted octanol–water partition coefficient (Wildman–Crippen LogP) is -1.14. The Morgan fingerprint density at radius 2 is 1.16 bits per heavy atom. The number of rotatable bonds is 20. The molecule has 0 heterocycles. The van der Waals surface area contributed by atoms with Gasteiger partial charge in [-0.25, -0.2) is 0 Å². The van der Waals surface area contributed by atoms with E-state index >= 15 is 0 Å². The first-order valence-electron chi connectivity index (χ1n) is 11.3. The largest absolute Gasteiger partial charge is 0.395 e. The molecule has 0 aliphatic carbocycles. The molecule has 0 saturated carbocycles. The van der Waals surface area contributed by atoms with Crippen LogP contribution in [0.2, 0.25) is 0 Å². The van der Waals surface area contributed by atoms with Gasteiger partial charge in [0.1, 0.15) is 0 Å². The standard InChI is InChI=1S/C11H25NO4.C10H23NO4/c1-2-3-8-16-10-11(15)9-12(4-6-13)5-7-14;1-3-4-5-15-8-9(12)6-11(2)7-10(13)14/h11,13-15H,2-10H2,1H3;9-10,12-14H,3-8H2,1-2H3. The van der Waals surface area contributed by atoms with Crippen LogP contribution in [0, 0.1) is 0 Å². The summed E-state index contributed by atoms with van der Waals surface area (Å²) in [7, 11) is 1.72. The summed E-state index contributed by atoms with van der Waals surface area (Å²) in [4.78, 5) is 3.46. The molecule has 0 aromatic rings. The van der Waals surface area contributed by atoms with Crippen LogP contribution < -0.4 is 0 Å². The molecule has 0 bridgehead atoms. The van der Waals surface area contributed by atoms with E-state index in [4.69, 9.17) is 29.9 Å². The third-order valence-electron chi connectivity index (χ3n) is 4.20. The second-order valence-corrected chi connectivity index (χ2v) is 7.61. The summed E-state index contributed by atoms with van der Waals surface area (Å²) >= 11 is 0. The number of ether oxygens (including phenoxy) is 2. The van der Waals surface area contributed by atoms with Gasteiger partial charge in [-0.05, 0) is 19.9 Å². The van der Waals surface area contributed by atoms with E-state index < -0.39 is 18.5 Å². The van der Waals surface area contributed by atoms with E-state index in [0.29, 0.717) is 52.6 Å². The molecule has 0 aliphatic heterocycles. The average Bonchev–Trinajstić information content (AvgIpc) is 2.69. The summed E-state index contributed by atoms with van der Waals surface area (Å²) < 4.78 is 10.5. The lowest BCUT2D eigenvalue weighted by Crippen LogP contribution is -2.38. The second-order valence-electron chi connectivity index (χ2n) is 7.61. The number of hydrogen-bond donors (Lipinski definition) is 6. The van der Waals surface area contributed by atoms with Crippen LogP contribution in [0.5, 0.6) is 0 Å². The van der Waals surface area contributed by atoms with Crippen molar-refractivity contribution in [1.29, 1.82) is 0 Å². The van der Waals surface area contributed by atoms with Crippen molar-refractivity contribution in [3.05, 3.63) is 0 Å². The van der Waals surface area contributed by atoms with Crippen molar-refractivity contribution < 1.29 is 40.1 Å². The molecular weight excluding hydrogens is 408 g/mol. The lowest BCUT2D eigenvalue weighted by Gasteiger charge is -2.23. The Kier molecular flexibility index (Phi) is 25.6. The molecule has 0 amide bonds. The van der Waals surface area contributed by atoms with Gasteiger partial charge >= 0.3 is 0 Å². The van der Waals surface area contributed by atoms with E-state index in [0.717, 1.165) is 25.7 Å². The fraction of sp³-hybridized carbons (Fsp3) is 1.00. The van der Waals surface area contributed by atoms with Crippen molar-refractivity contribution in [1.82, 2.24) is 9.80 Å². The van der Waals surface area contributed by atoms with E-state index in [1.807, 2.05) is 4.90 Å². The van der Waals surface area contributed by atoms with Gasteiger partial charge < -0.3 is 40.1 Å². The lowest BCUT2D eigenvalue weighted by molar-refractivity contribution is -0.0652. The molecule has 31 heavy (non-hydrogen) atoms. The summed E-state index contributed by atoms with van der Waals surface area (Å²) in [6, 6.07) is 0. The Hall–Kier alpha value is -0.400. The van der Waals surface area contributed by atoms with Gasteiger partial charge in [0.15, 0.2) is 6.29 Å². The van der Waals surface area contributed by atoms with Gasteiger partial charge in [-0.2, -0.15) is 0 Å². The van der Waals surface area contributed by atoms with Crippen LogP contribution >= 0.6 is 0 Å². The highest BCUT2D eigenvalue weighted by atomic mass is 16.5. The van der Waals surface area contributed by atoms with Crippen molar-refractivity contribution in [2.24, 2.45) is 0 Å². The molecule has 0 fully saturated rings. The molecule has 0 radical (unpaired) electrons. The Balaban J connectivity index is 0. The molecule has 10 nitrogen and oxygen atoms in total. The number of unbranched alkanes of at least 4 members (excludes halogenated alkanes) is 2. The first-order chi connectivity index (χ1) is 14.8. The van der Waals surface area contributed by atoms with Crippen molar-refractivity contribution >= 4 is 0 Å². The Morgan fingerprint density at radius 3 is 1.55 bits per heavy atom. The van der Waals surface area contributed by atoms with Gasteiger partial charge in [0.25, 0.3) is 0 Å². The zero-order valence-electron chi connectivity index (χ0n) is 19.7. The highest BCUT2D eigenvalue weighted by Crippen LogP contribution is 1.96. The molecule has 6 N–H and O–H groups in total. The molecule has 0 aromatic carbocycles. The molecule has 2 atom stereocenters. The molecular formula is C21H48N2O8. The zero-order valence-corrected chi connectivity index (χ0v) is 19.7. The van der Waals surface area contributed by atoms with E-state index in [-0.39, 0.29) is 19.8 Å². The number of likely N-dealkylation sites (N-methyl/N-ethyl adjacent to an activating group) is 1. The summed E-state index contributed by atoms with van der Waals surface area (Å²) in [5, 5.41) is 54.1. The zero-order chi connectivity index (χ0) is 23.9. The van der Waals surface area contributed by atoms with Gasteiger partial charge in [-0.1, -0.05) is 26.7 Å². The van der Waals surface area contributed by atoms with Crippen molar-refractivity contribution in [2.75, 3.05) is 79.4 Å². The fourth-order valence-electron chi connectivity index (χ4n) is 2.63. The van der Waals surface area contributed by atoms with Gasteiger partial charge in [-0.15, -0.1) is 0 Å². The first kappa shape index (κ1) is 32.8. The molecule has 2 unspecified atom stereocenters. The molecule has 0 spiro atoms. The van der Waals surface area contributed by atoms with Gasteiger partial charge in [0.2, 0.25) is 0 Å². The van der Waals surface area contributed by atoms with Gasteiger partial charge in [0.05, 0.1) is 38.6 Å². The number of aliphatic hydroxyl groups is 6. The molecule has 0 aromatic heterocycles. The first-order valence-corrected chi connectivity index (χ1v) is 11.3.